The molecule has 18 heavy (non-hydrogen) atoms. The van der Waals surface area contributed by atoms with Crippen LogP contribution in [0.15, 0.2) is 12.3 Å². The summed E-state index contributed by atoms with van der Waals surface area (Å²) >= 11 is 0. The summed E-state index contributed by atoms with van der Waals surface area (Å²) < 4.78 is 26.3. The van der Waals surface area contributed by atoms with E-state index in [1.807, 2.05) is 11.0 Å². The van der Waals surface area contributed by atoms with Crippen molar-refractivity contribution in [2.75, 3.05) is 23.7 Å². The molecule has 0 spiro atoms. The standard InChI is InChI=1S/C11H13F2N5/c12-11(13)2-5-18(6-3-11)9-7-1-4-15-8(7)16-10(14)17-9/h1,4H,2-3,5-6H2,(H3,14,15,16,17). The van der Waals surface area contributed by atoms with Crippen LogP contribution < -0.4 is 10.6 Å². The van der Waals surface area contributed by atoms with Gasteiger partial charge in [-0.3, -0.25) is 0 Å². The lowest BCUT2D eigenvalue weighted by Crippen LogP contribution is -2.39. The molecule has 0 atom stereocenters. The zero-order valence-electron chi connectivity index (χ0n) is 9.66. The summed E-state index contributed by atoms with van der Waals surface area (Å²) in [7, 11) is 0. The van der Waals surface area contributed by atoms with E-state index < -0.39 is 5.92 Å². The highest BCUT2D eigenvalue weighted by Gasteiger charge is 2.34. The van der Waals surface area contributed by atoms with Gasteiger partial charge in [0.1, 0.15) is 11.5 Å². The second-order valence-electron chi connectivity index (χ2n) is 4.49. The molecule has 2 aromatic rings. The van der Waals surface area contributed by atoms with Gasteiger partial charge in [-0.05, 0) is 6.07 Å². The van der Waals surface area contributed by atoms with Crippen LogP contribution in [-0.4, -0.2) is 34.0 Å². The van der Waals surface area contributed by atoms with Crippen molar-refractivity contribution in [3.8, 4) is 0 Å². The Labute approximate surface area is 102 Å². The van der Waals surface area contributed by atoms with Crippen molar-refractivity contribution in [1.29, 1.82) is 0 Å². The SMILES string of the molecule is Nc1nc(N2CCC(F)(F)CC2)c2cc[nH]c2n1. The molecule has 3 rings (SSSR count). The fourth-order valence-corrected chi connectivity index (χ4v) is 2.23. The number of aromatic amines is 1. The quantitative estimate of drug-likeness (QED) is 0.812. The normalized spacial score (nSPS) is 19.3. The van der Waals surface area contributed by atoms with E-state index in [0.717, 1.165) is 5.39 Å². The fraction of sp³-hybridized carbons (Fsp3) is 0.455. The summed E-state index contributed by atoms with van der Waals surface area (Å²) in [6, 6.07) is 1.83. The minimum Gasteiger partial charge on any atom is -0.368 e. The molecule has 0 unspecified atom stereocenters. The van der Waals surface area contributed by atoms with Crippen LogP contribution in [0.2, 0.25) is 0 Å². The van der Waals surface area contributed by atoms with Crippen molar-refractivity contribution < 1.29 is 8.78 Å². The van der Waals surface area contributed by atoms with Crippen molar-refractivity contribution in [3.63, 3.8) is 0 Å². The minimum atomic E-state index is -2.56. The van der Waals surface area contributed by atoms with Gasteiger partial charge in [0.2, 0.25) is 5.95 Å². The average molecular weight is 253 g/mol. The van der Waals surface area contributed by atoms with Crippen LogP contribution in [0.3, 0.4) is 0 Å². The molecule has 3 N–H and O–H groups in total. The van der Waals surface area contributed by atoms with E-state index in [1.54, 1.807) is 6.20 Å². The number of piperidine rings is 1. The lowest BCUT2D eigenvalue weighted by molar-refractivity contribution is -0.0221. The van der Waals surface area contributed by atoms with Crippen molar-refractivity contribution in [1.82, 2.24) is 15.0 Å². The number of nitrogens with zero attached hydrogens (tertiary/aromatic N) is 3. The summed E-state index contributed by atoms with van der Waals surface area (Å²) in [6.45, 7) is 0.563. The Morgan fingerprint density at radius 3 is 2.72 bits per heavy atom. The number of nitrogens with one attached hydrogen (secondary N) is 1. The maximum Gasteiger partial charge on any atom is 0.251 e. The molecular weight excluding hydrogens is 240 g/mol. The Kier molecular flexibility index (Phi) is 2.36. The second-order valence-corrected chi connectivity index (χ2v) is 4.49. The van der Waals surface area contributed by atoms with Gasteiger partial charge in [-0.1, -0.05) is 0 Å². The number of nitrogen functional groups attached to an aromatic ring is 1. The predicted octanol–water partition coefficient (Wildman–Crippen LogP) is 1.78. The maximum atomic E-state index is 13.1. The summed E-state index contributed by atoms with van der Waals surface area (Å²) in [5.74, 6) is -1.78. The van der Waals surface area contributed by atoms with Gasteiger partial charge in [-0.15, -0.1) is 0 Å². The second kappa shape index (κ2) is 3.79. The molecule has 0 bridgehead atoms. The molecule has 1 saturated heterocycles. The topological polar surface area (TPSA) is 70.8 Å². The van der Waals surface area contributed by atoms with Gasteiger partial charge in [0.15, 0.2) is 0 Å². The maximum absolute atomic E-state index is 13.1. The van der Waals surface area contributed by atoms with E-state index in [-0.39, 0.29) is 31.9 Å². The zero-order valence-corrected chi connectivity index (χ0v) is 9.66. The number of fused-ring (bicyclic) bond motifs is 1. The van der Waals surface area contributed by atoms with Crippen molar-refractivity contribution in [2.24, 2.45) is 0 Å². The smallest absolute Gasteiger partial charge is 0.251 e. The highest BCUT2D eigenvalue weighted by molar-refractivity contribution is 5.88. The first kappa shape index (κ1) is 11.2. The lowest BCUT2D eigenvalue weighted by atomic mass is 10.1. The van der Waals surface area contributed by atoms with Gasteiger partial charge in [0.25, 0.3) is 5.92 Å². The van der Waals surface area contributed by atoms with Crippen LogP contribution in [0.25, 0.3) is 11.0 Å². The highest BCUT2D eigenvalue weighted by atomic mass is 19.3. The molecule has 96 valence electrons. The Morgan fingerprint density at radius 1 is 1.28 bits per heavy atom. The molecule has 1 aliphatic heterocycles. The van der Waals surface area contributed by atoms with E-state index in [2.05, 4.69) is 15.0 Å². The molecule has 3 heterocycles. The molecule has 0 aromatic carbocycles. The molecule has 5 nitrogen and oxygen atoms in total. The number of aromatic nitrogens is 3. The lowest BCUT2D eigenvalue weighted by Gasteiger charge is -2.32. The Morgan fingerprint density at radius 2 is 2.00 bits per heavy atom. The van der Waals surface area contributed by atoms with Crippen LogP contribution in [0.4, 0.5) is 20.5 Å². The molecule has 2 aromatic heterocycles. The van der Waals surface area contributed by atoms with E-state index in [1.165, 1.54) is 0 Å². The first-order valence-electron chi connectivity index (χ1n) is 5.78. The molecule has 0 saturated carbocycles. The average Bonchev–Trinajstić information content (AvgIpc) is 2.76. The summed E-state index contributed by atoms with van der Waals surface area (Å²) in [4.78, 5) is 13.0. The van der Waals surface area contributed by atoms with Crippen LogP contribution >= 0.6 is 0 Å². The minimum absolute atomic E-state index is 0.150. The van der Waals surface area contributed by atoms with Gasteiger partial charge in [-0.25, -0.2) is 8.78 Å². The van der Waals surface area contributed by atoms with E-state index >= 15 is 0 Å². The first-order chi connectivity index (χ1) is 8.55. The number of alkyl halides is 2. The largest absolute Gasteiger partial charge is 0.368 e. The molecule has 1 aliphatic rings. The number of anilines is 2. The zero-order chi connectivity index (χ0) is 12.8. The Bertz CT molecular complexity index is 570. The first-order valence-corrected chi connectivity index (χ1v) is 5.78. The van der Waals surface area contributed by atoms with Crippen LogP contribution in [0.5, 0.6) is 0 Å². The number of H-pyrrole nitrogens is 1. The predicted molar refractivity (Wildman–Crippen MR) is 64.7 cm³/mol. The fourth-order valence-electron chi connectivity index (χ4n) is 2.23. The molecule has 7 heteroatoms. The van der Waals surface area contributed by atoms with E-state index in [0.29, 0.717) is 11.5 Å². The van der Waals surface area contributed by atoms with Gasteiger partial charge in [-0.2, -0.15) is 9.97 Å². The van der Waals surface area contributed by atoms with Gasteiger partial charge >= 0.3 is 0 Å². The summed E-state index contributed by atoms with van der Waals surface area (Å²) in [6.07, 6.45) is 1.44. The Balaban J connectivity index is 1.97. The number of nitrogens with two attached hydrogens (primary N) is 1. The summed E-state index contributed by atoms with van der Waals surface area (Å²) in [5.41, 5.74) is 6.26. The molecule has 0 amide bonds. The molecule has 0 radical (unpaired) electrons. The van der Waals surface area contributed by atoms with Crippen LogP contribution in [-0.2, 0) is 0 Å². The highest BCUT2D eigenvalue weighted by Crippen LogP contribution is 2.32. The molecule has 1 fully saturated rings. The third-order valence-electron chi connectivity index (χ3n) is 3.21. The van der Waals surface area contributed by atoms with Gasteiger partial charge < -0.3 is 15.6 Å². The van der Waals surface area contributed by atoms with Crippen LogP contribution in [0, 0.1) is 0 Å². The van der Waals surface area contributed by atoms with E-state index in [9.17, 15) is 8.78 Å². The van der Waals surface area contributed by atoms with Gasteiger partial charge in [0.05, 0.1) is 5.39 Å². The number of halogens is 2. The number of hydrogen-bond donors (Lipinski definition) is 2. The molecule has 0 aliphatic carbocycles. The van der Waals surface area contributed by atoms with Crippen molar-refractivity contribution in [3.05, 3.63) is 12.3 Å². The molecular formula is C11H13F2N5. The summed E-state index contributed by atoms with van der Waals surface area (Å²) in [5, 5.41) is 0.814. The van der Waals surface area contributed by atoms with Crippen molar-refractivity contribution >= 4 is 22.8 Å². The number of hydrogen-bond acceptors (Lipinski definition) is 4. The van der Waals surface area contributed by atoms with Crippen molar-refractivity contribution in [2.45, 2.75) is 18.8 Å². The Hall–Kier alpha value is -1.92. The van der Waals surface area contributed by atoms with Crippen LogP contribution in [0.1, 0.15) is 12.8 Å². The monoisotopic (exact) mass is 253 g/mol. The van der Waals surface area contributed by atoms with Gasteiger partial charge in [0, 0.05) is 32.1 Å². The van der Waals surface area contributed by atoms with E-state index in [4.69, 9.17) is 5.73 Å². The third kappa shape index (κ3) is 1.85. The number of rotatable bonds is 1. The third-order valence-corrected chi connectivity index (χ3v) is 3.21.